The monoisotopic (exact) mass is 2150 g/mol. The molecule has 0 saturated heterocycles. The number of rotatable bonds is 88. The SMILES string of the molecule is CCCCCCCCCCCCS(CCCCCCCCCCCC)=P([O-])([O-])[S-].CCCCCCCCCCCCS(CCCCCCCCCCCC)=P([O-])([O-])[S-].CCCCCCCCCCCCS(CCCCCCCCCCCC)=P([O-])([O-])[S-].CCCCCCCCCCCCS(CCCCCCCCCCCC)=P([O-])([O-])[S-].[Mo+4].[Mo+4].[Mo+4]. The van der Waals surface area contributed by atoms with Gasteiger partial charge in [-0.2, -0.15) is 0 Å². The summed E-state index contributed by atoms with van der Waals surface area (Å²) in [6.45, 7) is 18.1. The predicted molar refractivity (Wildman–Crippen MR) is 540 cm³/mol. The zero-order valence-electron chi connectivity index (χ0n) is 79.8. The van der Waals surface area contributed by atoms with Crippen LogP contribution in [0.1, 0.15) is 569 Å². The van der Waals surface area contributed by atoms with Gasteiger partial charge in [0.25, 0.3) is 0 Å². The van der Waals surface area contributed by atoms with E-state index in [0.29, 0.717) is 0 Å². The third kappa shape index (κ3) is 117. The van der Waals surface area contributed by atoms with Crippen molar-refractivity contribution in [1.82, 2.24) is 0 Å². The third-order valence-corrected chi connectivity index (χ3v) is 51.3. The smallest absolute Gasteiger partial charge is 0.854 e. The van der Waals surface area contributed by atoms with Crippen LogP contribution in [0, 0.1) is 0 Å². The average Bonchev–Trinajstić information content (AvgIpc) is 0.917. The Balaban J connectivity index is -0.000000279. The largest absolute Gasteiger partial charge is 4.00 e. The van der Waals surface area contributed by atoms with E-state index in [1.54, 1.807) is 0 Å². The number of unbranched alkanes of at least 4 members (excludes halogenated alkanes) is 72. The molecule has 0 bridgehead atoms. The van der Waals surface area contributed by atoms with E-state index in [9.17, 15) is 39.1 Å². The summed E-state index contributed by atoms with van der Waals surface area (Å²) in [5.74, 6) is 6.54. The Morgan fingerprint density at radius 2 is 0.185 bits per heavy atom. The summed E-state index contributed by atoms with van der Waals surface area (Å²) in [6, 6.07) is 0. The molecule has 0 unspecified atom stereocenters. The van der Waals surface area contributed by atoms with Gasteiger partial charge in [0.2, 0.25) is 0 Å². The van der Waals surface area contributed by atoms with Gasteiger partial charge in [0.05, 0.1) is 0 Å². The Labute approximate surface area is 820 Å². The number of hydrogen-bond donors (Lipinski definition) is 0. The molecule has 0 fully saturated rings. The van der Waals surface area contributed by atoms with Crippen molar-refractivity contribution in [3.05, 3.63) is 0 Å². The Bertz CT molecular complexity index is 1760. The maximum Gasteiger partial charge on any atom is 4.00 e. The van der Waals surface area contributed by atoms with E-state index in [1.807, 2.05) is 0 Å². The van der Waals surface area contributed by atoms with Crippen LogP contribution >= 0.6 is 22.8 Å². The Kier molecular flexibility index (Phi) is 129. The van der Waals surface area contributed by atoms with E-state index in [1.165, 1.54) is 462 Å². The maximum absolute atomic E-state index is 12.0. The molecule has 119 heavy (non-hydrogen) atoms. The van der Waals surface area contributed by atoms with Crippen molar-refractivity contribution < 1.29 is 102 Å². The van der Waals surface area contributed by atoms with Gasteiger partial charge in [0.15, 0.2) is 0 Å². The molecule has 0 aromatic heterocycles. The minimum atomic E-state index is -3.57. The van der Waals surface area contributed by atoms with Crippen LogP contribution in [0.25, 0.3) is 0 Å². The molecule has 0 atom stereocenters. The quantitative estimate of drug-likeness (QED) is 0.0243. The van der Waals surface area contributed by atoms with Gasteiger partial charge in [-0.15, -0.1) is 0 Å². The van der Waals surface area contributed by atoms with Gasteiger partial charge >= 0.3 is 63.2 Å². The third-order valence-electron chi connectivity index (χ3n) is 23.1. The van der Waals surface area contributed by atoms with Crippen LogP contribution in [0.15, 0.2) is 0 Å². The van der Waals surface area contributed by atoms with Crippen molar-refractivity contribution >= 4 is 112 Å². The minimum Gasteiger partial charge on any atom is -0.854 e. The molecule has 0 N–H and O–H groups in total. The van der Waals surface area contributed by atoms with Crippen molar-refractivity contribution in [2.45, 2.75) is 569 Å². The molecular formula is C96H200Mo3O8P4S8. The molecule has 0 amide bonds. The predicted octanol–water partition coefficient (Wildman–Crippen LogP) is 29.6. The molecule has 8 nitrogen and oxygen atoms in total. The topological polar surface area (TPSA) is 184 Å². The summed E-state index contributed by atoms with van der Waals surface area (Å²) in [6.07, 6.45) is 103. The van der Waals surface area contributed by atoms with Gasteiger partial charge in [-0.25, -0.2) is 40.3 Å². The summed E-state index contributed by atoms with van der Waals surface area (Å²) in [7, 11) is -2.21. The zero-order chi connectivity index (χ0) is 86.5. The van der Waals surface area contributed by atoms with Gasteiger partial charge in [-0.3, -0.25) is 0 Å². The van der Waals surface area contributed by atoms with Crippen LogP contribution < -0.4 is 39.1 Å². The van der Waals surface area contributed by atoms with Crippen molar-refractivity contribution in [3.63, 3.8) is 0 Å². The second kappa shape index (κ2) is 111. The molecule has 0 radical (unpaired) electrons. The second-order valence-corrected chi connectivity index (χ2v) is 65.8. The van der Waals surface area contributed by atoms with E-state index >= 15 is 0 Å². The van der Waals surface area contributed by atoms with Gasteiger partial charge in [-0.05, 0) is 97.4 Å². The first-order valence-corrected chi connectivity index (χ1v) is 70.1. The first-order valence-electron chi connectivity index (χ1n) is 50.9. The molecule has 0 heterocycles. The standard InChI is InChI=1S/4C24H50O2PS2.3Mo/c4*1-3-5-7-9-11-13-15-17-19-21-23-29(27(25,26)28)24-22-20-18-16-14-12-10-8-6-4-2;;;/h4*3-24H2,1-2H3;;;/q4*-3;3*+4. The maximum atomic E-state index is 12.0. The fraction of sp³-hybridized carbons (Fsp3) is 1.00. The van der Waals surface area contributed by atoms with Crippen molar-refractivity contribution in [2.75, 3.05) is 46.0 Å². The van der Waals surface area contributed by atoms with E-state index in [2.05, 4.69) is 55.4 Å². The van der Waals surface area contributed by atoms with Gasteiger partial charge < -0.3 is 111 Å². The van der Waals surface area contributed by atoms with E-state index in [4.69, 9.17) is 49.0 Å². The van der Waals surface area contributed by atoms with Crippen LogP contribution in [-0.4, -0.2) is 46.0 Å². The first-order chi connectivity index (χ1) is 56.1. The molecule has 0 spiro atoms. The molecular weight excluding hydrogens is 1950 g/mol. The molecule has 0 rings (SSSR count). The molecule has 23 heteroatoms. The molecule has 718 valence electrons. The first kappa shape index (κ1) is 138. The van der Waals surface area contributed by atoms with E-state index < -0.39 is 63.1 Å². The summed E-state index contributed by atoms with van der Waals surface area (Å²) < 4.78 is 0. The fourth-order valence-electron chi connectivity index (χ4n) is 15.4. The minimum absolute atomic E-state index is 0. The molecule has 0 aliphatic rings. The van der Waals surface area contributed by atoms with Crippen LogP contribution in [-0.2, 0) is 152 Å². The normalized spacial score (nSPS) is 11.9. The molecule has 0 saturated carbocycles. The average molecular weight is 2150 g/mol. The van der Waals surface area contributed by atoms with Crippen molar-refractivity contribution in [1.29, 1.82) is 0 Å². The summed E-state index contributed by atoms with van der Waals surface area (Å²) in [5, 5.41) is 0. The number of hydrogen-bond acceptors (Lipinski definition) is 12. The van der Waals surface area contributed by atoms with Crippen LogP contribution in [0.5, 0.6) is 0 Å². The van der Waals surface area contributed by atoms with E-state index in [-0.39, 0.29) is 63.2 Å². The molecule has 0 aliphatic carbocycles. The van der Waals surface area contributed by atoms with Crippen molar-refractivity contribution in [3.8, 4) is 0 Å². The molecule has 0 aliphatic heterocycles. The zero-order valence-corrected chi connectivity index (χ0v) is 95.9. The van der Waals surface area contributed by atoms with E-state index in [0.717, 1.165) is 97.4 Å². The van der Waals surface area contributed by atoms with Crippen molar-refractivity contribution in [2.24, 2.45) is 0 Å². The Morgan fingerprint density at radius 1 is 0.126 bits per heavy atom. The van der Waals surface area contributed by atoms with Gasteiger partial charge in [-0.1, -0.05) is 518 Å². The fourth-order valence-corrected chi connectivity index (χ4v) is 36.1. The van der Waals surface area contributed by atoms with Crippen LogP contribution in [0.3, 0.4) is 0 Å². The summed E-state index contributed by atoms with van der Waals surface area (Å²) in [5.41, 5.74) is -14.3. The van der Waals surface area contributed by atoms with Crippen LogP contribution in [0.2, 0.25) is 0 Å². The molecule has 0 aromatic rings. The molecule has 0 aromatic carbocycles. The summed E-state index contributed by atoms with van der Waals surface area (Å²) >= 11 is 19.4. The summed E-state index contributed by atoms with van der Waals surface area (Å²) in [4.78, 5) is 95.8. The Morgan fingerprint density at radius 3 is 0.244 bits per heavy atom. The van der Waals surface area contributed by atoms with Gasteiger partial charge in [0.1, 0.15) is 0 Å². The van der Waals surface area contributed by atoms with Crippen LogP contribution in [0.4, 0.5) is 0 Å². The van der Waals surface area contributed by atoms with Gasteiger partial charge in [0, 0.05) is 0 Å². The Hall–Kier alpha value is 6.26. The second-order valence-electron chi connectivity index (χ2n) is 34.7.